The number of fused-ring (bicyclic) bond motifs is 2. The number of halogens is 1. The third-order valence-corrected chi connectivity index (χ3v) is 3.86. The molecule has 0 saturated carbocycles. The zero-order valence-corrected chi connectivity index (χ0v) is 12.1. The van der Waals surface area contributed by atoms with Gasteiger partial charge in [0, 0.05) is 10.0 Å². The quantitative estimate of drug-likeness (QED) is 0.468. The van der Waals surface area contributed by atoms with Gasteiger partial charge in [-0.25, -0.2) is 4.98 Å². The standard InChI is InChI=1S/C17H10BrNO/c18-12-8-9-15-16(10-12)20-17(19-15)14-7-3-5-11-4-1-2-6-13(11)14/h1-10H. The molecule has 0 unspecified atom stereocenters. The van der Waals surface area contributed by atoms with Crippen molar-refractivity contribution >= 4 is 37.8 Å². The Labute approximate surface area is 124 Å². The van der Waals surface area contributed by atoms with Crippen LogP contribution in [0.1, 0.15) is 0 Å². The lowest BCUT2D eigenvalue weighted by atomic mass is 10.0. The lowest BCUT2D eigenvalue weighted by molar-refractivity contribution is 0.620. The van der Waals surface area contributed by atoms with E-state index in [-0.39, 0.29) is 0 Å². The largest absolute Gasteiger partial charge is 0.436 e. The second-order valence-electron chi connectivity index (χ2n) is 4.66. The van der Waals surface area contributed by atoms with Gasteiger partial charge in [0.1, 0.15) is 5.52 Å². The van der Waals surface area contributed by atoms with Gasteiger partial charge in [-0.05, 0) is 35.0 Å². The zero-order chi connectivity index (χ0) is 13.5. The van der Waals surface area contributed by atoms with E-state index in [0.29, 0.717) is 5.89 Å². The number of nitrogens with zero attached hydrogens (tertiary/aromatic N) is 1. The van der Waals surface area contributed by atoms with E-state index in [1.165, 1.54) is 5.39 Å². The van der Waals surface area contributed by atoms with Crippen molar-refractivity contribution in [3.8, 4) is 11.5 Å². The van der Waals surface area contributed by atoms with Crippen LogP contribution >= 0.6 is 15.9 Å². The maximum absolute atomic E-state index is 5.90. The predicted octanol–water partition coefficient (Wildman–Crippen LogP) is 5.41. The maximum Gasteiger partial charge on any atom is 0.227 e. The second-order valence-corrected chi connectivity index (χ2v) is 5.57. The number of hydrogen-bond donors (Lipinski definition) is 0. The fourth-order valence-electron chi connectivity index (χ4n) is 2.43. The Morgan fingerprint density at radius 2 is 1.75 bits per heavy atom. The van der Waals surface area contributed by atoms with Crippen LogP contribution in [-0.2, 0) is 0 Å². The van der Waals surface area contributed by atoms with Crippen molar-refractivity contribution in [2.75, 3.05) is 0 Å². The lowest BCUT2D eigenvalue weighted by Gasteiger charge is -2.01. The Balaban J connectivity index is 2.01. The summed E-state index contributed by atoms with van der Waals surface area (Å²) in [4.78, 5) is 4.59. The number of rotatable bonds is 1. The number of hydrogen-bond acceptors (Lipinski definition) is 2. The molecule has 0 aliphatic heterocycles. The van der Waals surface area contributed by atoms with Gasteiger partial charge < -0.3 is 4.42 Å². The summed E-state index contributed by atoms with van der Waals surface area (Å²) in [5.41, 5.74) is 2.69. The highest BCUT2D eigenvalue weighted by Crippen LogP contribution is 2.31. The van der Waals surface area contributed by atoms with Gasteiger partial charge in [-0.2, -0.15) is 0 Å². The van der Waals surface area contributed by atoms with Crippen molar-refractivity contribution < 1.29 is 4.42 Å². The van der Waals surface area contributed by atoms with Gasteiger partial charge in [0.25, 0.3) is 0 Å². The molecular formula is C17H10BrNO. The molecule has 2 nitrogen and oxygen atoms in total. The van der Waals surface area contributed by atoms with Gasteiger partial charge >= 0.3 is 0 Å². The van der Waals surface area contributed by atoms with E-state index in [0.717, 1.165) is 26.5 Å². The highest BCUT2D eigenvalue weighted by atomic mass is 79.9. The first-order valence-electron chi connectivity index (χ1n) is 6.35. The summed E-state index contributed by atoms with van der Waals surface area (Å²) in [6.07, 6.45) is 0. The highest BCUT2D eigenvalue weighted by molar-refractivity contribution is 9.10. The molecule has 4 aromatic rings. The average Bonchev–Trinajstić information content (AvgIpc) is 2.89. The summed E-state index contributed by atoms with van der Waals surface area (Å²) in [6.45, 7) is 0. The normalized spacial score (nSPS) is 11.2. The van der Waals surface area contributed by atoms with Crippen LogP contribution in [0.15, 0.2) is 69.6 Å². The molecule has 1 aromatic heterocycles. The monoisotopic (exact) mass is 323 g/mol. The minimum atomic E-state index is 0.662. The fourth-order valence-corrected chi connectivity index (χ4v) is 2.77. The van der Waals surface area contributed by atoms with E-state index >= 15 is 0 Å². The SMILES string of the molecule is Brc1ccc2nc(-c3cccc4ccccc34)oc2c1. The smallest absolute Gasteiger partial charge is 0.227 e. The van der Waals surface area contributed by atoms with Crippen LogP contribution in [0.2, 0.25) is 0 Å². The van der Waals surface area contributed by atoms with E-state index in [4.69, 9.17) is 4.42 Å². The summed E-state index contributed by atoms with van der Waals surface area (Å²) in [5, 5.41) is 2.34. The topological polar surface area (TPSA) is 26.0 Å². The van der Waals surface area contributed by atoms with E-state index in [9.17, 15) is 0 Å². The molecule has 0 radical (unpaired) electrons. The van der Waals surface area contributed by atoms with Crippen LogP contribution in [0.3, 0.4) is 0 Å². The summed E-state index contributed by atoms with van der Waals surface area (Å²) in [7, 11) is 0. The molecule has 0 spiro atoms. The summed E-state index contributed by atoms with van der Waals surface area (Å²) in [5.74, 6) is 0.662. The third-order valence-electron chi connectivity index (χ3n) is 3.37. The van der Waals surface area contributed by atoms with Crippen LogP contribution < -0.4 is 0 Å². The Bertz CT molecular complexity index is 921. The van der Waals surface area contributed by atoms with E-state index in [2.05, 4.69) is 39.1 Å². The minimum Gasteiger partial charge on any atom is -0.436 e. The van der Waals surface area contributed by atoms with Gasteiger partial charge in [0.15, 0.2) is 5.58 Å². The average molecular weight is 324 g/mol. The van der Waals surface area contributed by atoms with Gasteiger partial charge in [0.2, 0.25) is 5.89 Å². The molecule has 3 heteroatoms. The van der Waals surface area contributed by atoms with Crippen molar-refractivity contribution in [1.29, 1.82) is 0 Å². The van der Waals surface area contributed by atoms with Crippen LogP contribution in [0.25, 0.3) is 33.3 Å². The Kier molecular flexibility index (Phi) is 2.60. The Hall–Kier alpha value is -2.13. The molecule has 3 aromatic carbocycles. The first-order chi connectivity index (χ1) is 9.81. The van der Waals surface area contributed by atoms with E-state index < -0.39 is 0 Å². The lowest BCUT2D eigenvalue weighted by Crippen LogP contribution is -1.80. The van der Waals surface area contributed by atoms with Crippen molar-refractivity contribution in [1.82, 2.24) is 4.98 Å². The molecule has 4 rings (SSSR count). The molecule has 0 N–H and O–H groups in total. The fraction of sp³-hybridized carbons (Fsp3) is 0. The highest BCUT2D eigenvalue weighted by Gasteiger charge is 2.11. The molecule has 1 heterocycles. The van der Waals surface area contributed by atoms with Crippen LogP contribution in [0, 0.1) is 0 Å². The summed E-state index contributed by atoms with van der Waals surface area (Å²) < 4.78 is 6.89. The first kappa shape index (κ1) is 11.7. The molecule has 0 aliphatic carbocycles. The molecule has 0 fully saturated rings. The van der Waals surface area contributed by atoms with Crippen molar-refractivity contribution in [2.45, 2.75) is 0 Å². The van der Waals surface area contributed by atoms with Crippen LogP contribution in [0.4, 0.5) is 0 Å². The minimum absolute atomic E-state index is 0.662. The van der Waals surface area contributed by atoms with Crippen LogP contribution in [0.5, 0.6) is 0 Å². The van der Waals surface area contributed by atoms with Crippen molar-refractivity contribution in [3.05, 3.63) is 65.1 Å². The molecule has 20 heavy (non-hydrogen) atoms. The first-order valence-corrected chi connectivity index (χ1v) is 7.15. The molecule has 0 bridgehead atoms. The third kappa shape index (κ3) is 1.82. The number of aromatic nitrogens is 1. The summed E-state index contributed by atoms with van der Waals surface area (Å²) >= 11 is 3.45. The van der Waals surface area contributed by atoms with Crippen molar-refractivity contribution in [2.24, 2.45) is 0 Å². The van der Waals surface area contributed by atoms with Crippen LogP contribution in [-0.4, -0.2) is 4.98 Å². The molecule has 0 atom stereocenters. The van der Waals surface area contributed by atoms with Gasteiger partial charge in [0.05, 0.1) is 0 Å². The number of benzene rings is 3. The maximum atomic E-state index is 5.90. The predicted molar refractivity (Wildman–Crippen MR) is 84.7 cm³/mol. The molecular weight excluding hydrogens is 314 g/mol. The molecule has 96 valence electrons. The summed E-state index contributed by atoms with van der Waals surface area (Å²) in [6, 6.07) is 20.3. The van der Waals surface area contributed by atoms with Crippen molar-refractivity contribution in [3.63, 3.8) is 0 Å². The molecule has 0 amide bonds. The zero-order valence-electron chi connectivity index (χ0n) is 10.5. The second kappa shape index (κ2) is 4.46. The Morgan fingerprint density at radius 1 is 0.900 bits per heavy atom. The molecule has 0 saturated heterocycles. The van der Waals surface area contributed by atoms with E-state index in [1.54, 1.807) is 0 Å². The van der Waals surface area contributed by atoms with Gasteiger partial charge in [-0.3, -0.25) is 0 Å². The molecule has 0 aliphatic rings. The van der Waals surface area contributed by atoms with Gasteiger partial charge in [-0.1, -0.05) is 52.3 Å². The number of oxazole rings is 1. The Morgan fingerprint density at radius 3 is 2.70 bits per heavy atom. The van der Waals surface area contributed by atoms with Gasteiger partial charge in [-0.15, -0.1) is 0 Å². The van der Waals surface area contributed by atoms with E-state index in [1.807, 2.05) is 42.5 Å².